The molecule has 0 aliphatic rings. The molecule has 0 saturated carbocycles. The second-order valence-corrected chi connectivity index (χ2v) is 7.52. The van der Waals surface area contributed by atoms with Gasteiger partial charge in [-0.2, -0.15) is 0 Å². The monoisotopic (exact) mass is 298 g/mol. The van der Waals surface area contributed by atoms with Crippen molar-refractivity contribution in [2.45, 2.75) is 25.4 Å². The normalized spacial score (nSPS) is 15.2. The summed E-state index contributed by atoms with van der Waals surface area (Å²) in [4.78, 5) is 2.13. The van der Waals surface area contributed by atoms with Crippen molar-refractivity contribution >= 4 is 9.84 Å². The van der Waals surface area contributed by atoms with E-state index in [-0.39, 0.29) is 17.8 Å². The van der Waals surface area contributed by atoms with Crippen LogP contribution in [0, 0.1) is 0 Å². The van der Waals surface area contributed by atoms with Crippen molar-refractivity contribution in [1.82, 2.24) is 10.2 Å². The number of rotatable bonds is 8. The van der Waals surface area contributed by atoms with Gasteiger partial charge in [0.2, 0.25) is 0 Å². The van der Waals surface area contributed by atoms with E-state index < -0.39 is 9.84 Å². The minimum atomic E-state index is -2.92. The van der Waals surface area contributed by atoms with Gasteiger partial charge in [-0.15, -0.1) is 0 Å². The van der Waals surface area contributed by atoms with Crippen LogP contribution in [0.25, 0.3) is 0 Å². The number of likely N-dealkylation sites (N-methyl/N-ethyl adjacent to an activating group) is 2. The zero-order valence-corrected chi connectivity index (χ0v) is 13.7. The molecule has 0 spiro atoms. The van der Waals surface area contributed by atoms with E-state index in [4.69, 9.17) is 0 Å². The van der Waals surface area contributed by atoms with E-state index in [1.807, 2.05) is 32.3 Å². The molecule has 0 radical (unpaired) electrons. The van der Waals surface area contributed by atoms with Crippen molar-refractivity contribution in [3.05, 3.63) is 35.9 Å². The van der Waals surface area contributed by atoms with Crippen LogP contribution in [0.2, 0.25) is 0 Å². The van der Waals surface area contributed by atoms with Crippen LogP contribution in [-0.4, -0.2) is 52.0 Å². The first-order chi connectivity index (χ1) is 9.39. The van der Waals surface area contributed by atoms with Crippen LogP contribution in [0.5, 0.6) is 0 Å². The summed E-state index contributed by atoms with van der Waals surface area (Å²) in [5, 5.41) is 3.36. The van der Waals surface area contributed by atoms with Crippen molar-refractivity contribution in [2.75, 3.05) is 32.6 Å². The van der Waals surface area contributed by atoms with Gasteiger partial charge >= 0.3 is 0 Å². The summed E-state index contributed by atoms with van der Waals surface area (Å²) < 4.78 is 22.6. The first-order valence-corrected chi connectivity index (χ1v) is 9.05. The molecule has 0 aliphatic carbocycles. The molecule has 0 aromatic heterocycles. The average molecular weight is 298 g/mol. The van der Waals surface area contributed by atoms with Gasteiger partial charge in [0.05, 0.1) is 5.75 Å². The highest BCUT2D eigenvalue weighted by Crippen LogP contribution is 2.22. The van der Waals surface area contributed by atoms with E-state index >= 15 is 0 Å². The zero-order valence-electron chi connectivity index (χ0n) is 12.8. The molecule has 1 aromatic rings. The summed E-state index contributed by atoms with van der Waals surface area (Å²) in [6.07, 6.45) is 2.25. The maximum atomic E-state index is 11.3. The highest BCUT2D eigenvalue weighted by molar-refractivity contribution is 7.90. The summed E-state index contributed by atoms with van der Waals surface area (Å²) in [6.45, 7) is 2.69. The fourth-order valence-electron chi connectivity index (χ4n) is 2.52. The van der Waals surface area contributed by atoms with Gasteiger partial charge in [0.1, 0.15) is 9.84 Å². The van der Waals surface area contributed by atoms with Gasteiger partial charge in [-0.25, -0.2) is 8.42 Å². The van der Waals surface area contributed by atoms with Gasteiger partial charge in [0.25, 0.3) is 0 Å². The number of hydrogen-bond acceptors (Lipinski definition) is 4. The molecular weight excluding hydrogens is 272 g/mol. The molecule has 5 heteroatoms. The standard InChI is InChI=1S/C15H26N2O2S/c1-5-14(17(3)11-12-20(4,18)19)15(16-2)13-9-7-6-8-10-13/h6-10,14-16H,5,11-12H2,1-4H3. The summed E-state index contributed by atoms with van der Waals surface area (Å²) >= 11 is 0. The van der Waals surface area contributed by atoms with Gasteiger partial charge in [0, 0.05) is 24.9 Å². The number of nitrogens with zero attached hydrogens (tertiary/aromatic N) is 1. The summed E-state index contributed by atoms with van der Waals surface area (Å²) in [6, 6.07) is 10.7. The van der Waals surface area contributed by atoms with Crippen molar-refractivity contribution in [1.29, 1.82) is 0 Å². The van der Waals surface area contributed by atoms with Crippen LogP contribution >= 0.6 is 0 Å². The van der Waals surface area contributed by atoms with Crippen LogP contribution in [0.1, 0.15) is 24.9 Å². The minimum absolute atomic E-state index is 0.200. The highest BCUT2D eigenvalue weighted by Gasteiger charge is 2.24. The Kier molecular flexibility index (Phi) is 6.65. The van der Waals surface area contributed by atoms with Gasteiger partial charge in [-0.05, 0) is 26.1 Å². The fraction of sp³-hybridized carbons (Fsp3) is 0.600. The van der Waals surface area contributed by atoms with Crippen LogP contribution in [0.4, 0.5) is 0 Å². The largest absolute Gasteiger partial charge is 0.312 e. The molecule has 1 aromatic carbocycles. The van der Waals surface area contributed by atoms with Gasteiger partial charge < -0.3 is 10.2 Å². The Bertz CT molecular complexity index is 488. The molecule has 0 aliphatic heterocycles. The molecule has 1 rings (SSSR count). The van der Waals surface area contributed by atoms with Gasteiger partial charge in [-0.1, -0.05) is 37.3 Å². The number of nitrogens with one attached hydrogen (secondary N) is 1. The molecule has 0 saturated heterocycles. The second kappa shape index (κ2) is 7.76. The maximum absolute atomic E-state index is 11.3. The lowest BCUT2D eigenvalue weighted by atomic mass is 9.96. The topological polar surface area (TPSA) is 49.4 Å². The Morgan fingerprint density at radius 1 is 1.25 bits per heavy atom. The van der Waals surface area contributed by atoms with E-state index in [1.165, 1.54) is 11.8 Å². The van der Waals surface area contributed by atoms with E-state index in [1.54, 1.807) is 0 Å². The van der Waals surface area contributed by atoms with Gasteiger partial charge in [-0.3, -0.25) is 0 Å². The molecule has 1 N–H and O–H groups in total. The predicted molar refractivity (Wildman–Crippen MR) is 84.7 cm³/mol. The number of hydrogen-bond donors (Lipinski definition) is 1. The number of sulfone groups is 1. The Balaban J connectivity index is 2.81. The lowest BCUT2D eigenvalue weighted by Gasteiger charge is -2.34. The lowest BCUT2D eigenvalue weighted by Crippen LogP contribution is -2.43. The molecule has 2 atom stereocenters. The molecule has 0 heterocycles. The van der Waals surface area contributed by atoms with Crippen molar-refractivity contribution in [3.8, 4) is 0 Å². The van der Waals surface area contributed by atoms with Crippen molar-refractivity contribution in [2.24, 2.45) is 0 Å². The van der Waals surface area contributed by atoms with Gasteiger partial charge in [0.15, 0.2) is 0 Å². The van der Waals surface area contributed by atoms with Crippen LogP contribution in [0.15, 0.2) is 30.3 Å². The molecule has 4 nitrogen and oxygen atoms in total. The minimum Gasteiger partial charge on any atom is -0.312 e. The van der Waals surface area contributed by atoms with E-state index in [0.29, 0.717) is 6.54 Å². The van der Waals surface area contributed by atoms with E-state index in [9.17, 15) is 8.42 Å². The quantitative estimate of drug-likeness (QED) is 0.794. The molecule has 0 amide bonds. The Labute approximate surface area is 123 Å². The maximum Gasteiger partial charge on any atom is 0.148 e. The smallest absolute Gasteiger partial charge is 0.148 e. The van der Waals surface area contributed by atoms with Crippen molar-refractivity contribution < 1.29 is 8.42 Å². The Morgan fingerprint density at radius 3 is 2.30 bits per heavy atom. The molecule has 2 unspecified atom stereocenters. The SMILES string of the molecule is CCC(C(NC)c1ccccc1)N(C)CCS(C)(=O)=O. The van der Waals surface area contributed by atoms with Crippen LogP contribution < -0.4 is 5.32 Å². The van der Waals surface area contributed by atoms with Crippen LogP contribution in [0.3, 0.4) is 0 Å². The highest BCUT2D eigenvalue weighted by atomic mass is 32.2. The number of benzene rings is 1. The molecular formula is C15H26N2O2S. The zero-order chi connectivity index (χ0) is 15.2. The van der Waals surface area contributed by atoms with Crippen molar-refractivity contribution in [3.63, 3.8) is 0 Å². The molecule has 114 valence electrons. The van der Waals surface area contributed by atoms with E-state index in [0.717, 1.165) is 6.42 Å². The summed E-state index contributed by atoms with van der Waals surface area (Å²) in [7, 11) is 1.02. The third kappa shape index (κ3) is 5.23. The predicted octanol–water partition coefficient (Wildman–Crippen LogP) is 1.70. The molecule has 0 fully saturated rings. The second-order valence-electron chi connectivity index (χ2n) is 5.26. The lowest BCUT2D eigenvalue weighted by molar-refractivity contribution is 0.200. The fourth-order valence-corrected chi connectivity index (χ4v) is 3.14. The molecule has 0 bridgehead atoms. The molecule has 20 heavy (non-hydrogen) atoms. The third-order valence-corrected chi connectivity index (χ3v) is 4.58. The van der Waals surface area contributed by atoms with Crippen LogP contribution in [-0.2, 0) is 9.84 Å². The Hall–Kier alpha value is -0.910. The third-order valence-electron chi connectivity index (χ3n) is 3.65. The summed E-state index contributed by atoms with van der Waals surface area (Å²) in [5.41, 5.74) is 1.23. The summed E-state index contributed by atoms with van der Waals surface area (Å²) in [5.74, 6) is 0.200. The van der Waals surface area contributed by atoms with E-state index in [2.05, 4.69) is 29.3 Å². The first kappa shape index (κ1) is 17.1. The Morgan fingerprint density at radius 2 is 1.85 bits per heavy atom. The average Bonchev–Trinajstić information content (AvgIpc) is 2.42. The first-order valence-electron chi connectivity index (χ1n) is 6.99.